The maximum atomic E-state index is 12.9. The summed E-state index contributed by atoms with van der Waals surface area (Å²) in [5, 5.41) is 5.56. The number of hydrogen-bond donors (Lipinski definition) is 2. The van der Waals surface area contributed by atoms with Gasteiger partial charge in [-0.2, -0.15) is 0 Å². The van der Waals surface area contributed by atoms with Crippen molar-refractivity contribution >= 4 is 18.0 Å². The second-order valence-electron chi connectivity index (χ2n) is 9.39. The van der Waals surface area contributed by atoms with E-state index in [2.05, 4.69) is 39.8 Å². The Morgan fingerprint density at radius 1 is 0.946 bits per heavy atom. The van der Waals surface area contributed by atoms with Gasteiger partial charge < -0.3 is 20.1 Å². The molecule has 0 unspecified atom stereocenters. The van der Waals surface area contributed by atoms with Crippen LogP contribution in [-0.4, -0.2) is 55.2 Å². The molecule has 200 valence electrons. The highest BCUT2D eigenvalue weighted by atomic mass is 16.5. The smallest absolute Gasteiger partial charge is 0.408 e. The zero-order valence-electron chi connectivity index (χ0n) is 21.7. The normalized spacial score (nSPS) is 14.9. The van der Waals surface area contributed by atoms with Gasteiger partial charge in [0, 0.05) is 19.5 Å². The molecule has 0 aliphatic carbocycles. The molecule has 1 atom stereocenters. The third-order valence-electron chi connectivity index (χ3n) is 6.57. The van der Waals surface area contributed by atoms with Crippen molar-refractivity contribution in [3.8, 4) is 0 Å². The molecular formula is C29H39N3O5. The van der Waals surface area contributed by atoms with Crippen LogP contribution >= 0.6 is 0 Å². The standard InChI is InChI=1S/C29H39N3O5/c1-2-36-27(33)14-13-26(31-29(35)37-22-25-11-7-4-8-12-25)28(34)30-18-15-23-16-19-32(20-17-23)21-24-9-5-3-6-10-24/h3-12,23,26H,2,13-22H2,1H3,(H,30,34)(H,31,35)/t26-/m1/s1. The molecular weight excluding hydrogens is 470 g/mol. The minimum Gasteiger partial charge on any atom is -0.466 e. The Labute approximate surface area is 219 Å². The molecule has 3 rings (SSSR count). The number of hydrogen-bond acceptors (Lipinski definition) is 6. The minimum absolute atomic E-state index is 0.0325. The van der Waals surface area contributed by atoms with Crippen molar-refractivity contribution in [1.29, 1.82) is 0 Å². The average molecular weight is 510 g/mol. The van der Waals surface area contributed by atoms with E-state index < -0.39 is 18.1 Å². The summed E-state index contributed by atoms with van der Waals surface area (Å²) < 4.78 is 10.2. The summed E-state index contributed by atoms with van der Waals surface area (Å²) in [5.74, 6) is -0.168. The van der Waals surface area contributed by atoms with Crippen LogP contribution in [0.15, 0.2) is 60.7 Å². The predicted octanol–water partition coefficient (Wildman–Crippen LogP) is 4.04. The van der Waals surface area contributed by atoms with E-state index in [1.165, 1.54) is 5.56 Å². The number of ether oxygens (including phenoxy) is 2. The van der Waals surface area contributed by atoms with Crippen LogP contribution in [-0.2, 0) is 32.2 Å². The molecule has 1 aliphatic rings. The Kier molecular flexibility index (Phi) is 11.9. The maximum Gasteiger partial charge on any atom is 0.408 e. The Hall–Kier alpha value is -3.39. The van der Waals surface area contributed by atoms with Crippen LogP contribution < -0.4 is 10.6 Å². The lowest BCUT2D eigenvalue weighted by molar-refractivity contribution is -0.143. The van der Waals surface area contributed by atoms with Gasteiger partial charge in [-0.1, -0.05) is 60.7 Å². The van der Waals surface area contributed by atoms with Crippen molar-refractivity contribution in [2.75, 3.05) is 26.2 Å². The molecule has 1 heterocycles. The highest BCUT2D eigenvalue weighted by Crippen LogP contribution is 2.21. The summed E-state index contributed by atoms with van der Waals surface area (Å²) >= 11 is 0. The number of likely N-dealkylation sites (tertiary alicyclic amines) is 1. The summed E-state index contributed by atoms with van der Waals surface area (Å²) in [6.07, 6.45) is 2.55. The second kappa shape index (κ2) is 15.7. The van der Waals surface area contributed by atoms with Gasteiger partial charge in [-0.05, 0) is 62.7 Å². The summed E-state index contributed by atoms with van der Waals surface area (Å²) in [6, 6.07) is 18.9. The fraction of sp³-hybridized carbons (Fsp3) is 0.483. The monoisotopic (exact) mass is 509 g/mol. The van der Waals surface area contributed by atoms with Gasteiger partial charge in [0.15, 0.2) is 0 Å². The van der Waals surface area contributed by atoms with Crippen LogP contribution in [0, 0.1) is 5.92 Å². The molecule has 8 heteroatoms. The van der Waals surface area contributed by atoms with Gasteiger partial charge in [-0.3, -0.25) is 14.5 Å². The Morgan fingerprint density at radius 2 is 1.59 bits per heavy atom. The number of rotatable bonds is 13. The number of nitrogens with zero attached hydrogens (tertiary/aromatic N) is 1. The van der Waals surface area contributed by atoms with Gasteiger partial charge in [-0.25, -0.2) is 4.79 Å². The number of amides is 2. The minimum atomic E-state index is -0.875. The molecule has 1 aliphatic heterocycles. The molecule has 0 radical (unpaired) electrons. The first-order valence-corrected chi connectivity index (χ1v) is 13.2. The number of carbonyl (C=O) groups excluding carboxylic acids is 3. The fourth-order valence-corrected chi connectivity index (χ4v) is 4.47. The van der Waals surface area contributed by atoms with Crippen molar-refractivity contribution in [3.05, 3.63) is 71.8 Å². The van der Waals surface area contributed by atoms with Gasteiger partial charge in [0.05, 0.1) is 6.61 Å². The average Bonchev–Trinajstić information content (AvgIpc) is 2.92. The topological polar surface area (TPSA) is 97.0 Å². The third kappa shape index (κ3) is 10.6. The van der Waals surface area contributed by atoms with E-state index in [1.807, 2.05) is 36.4 Å². The molecule has 2 N–H and O–H groups in total. The van der Waals surface area contributed by atoms with Crippen molar-refractivity contribution in [2.45, 2.75) is 58.2 Å². The summed E-state index contributed by atoms with van der Waals surface area (Å²) in [4.78, 5) is 39.5. The van der Waals surface area contributed by atoms with E-state index in [-0.39, 0.29) is 32.0 Å². The molecule has 8 nitrogen and oxygen atoms in total. The largest absolute Gasteiger partial charge is 0.466 e. The lowest BCUT2D eigenvalue weighted by Crippen LogP contribution is -2.47. The van der Waals surface area contributed by atoms with Gasteiger partial charge in [-0.15, -0.1) is 0 Å². The van der Waals surface area contributed by atoms with E-state index in [0.717, 1.165) is 44.5 Å². The number of alkyl carbamates (subject to hydrolysis) is 1. The summed E-state index contributed by atoms with van der Waals surface area (Å²) in [6.45, 7) is 5.69. The van der Waals surface area contributed by atoms with Gasteiger partial charge in [0.25, 0.3) is 0 Å². The molecule has 2 amide bonds. The van der Waals surface area contributed by atoms with E-state index in [9.17, 15) is 14.4 Å². The highest BCUT2D eigenvalue weighted by molar-refractivity contribution is 5.86. The number of nitrogens with one attached hydrogen (secondary N) is 2. The van der Waals surface area contributed by atoms with E-state index in [4.69, 9.17) is 9.47 Å². The summed E-state index contributed by atoms with van der Waals surface area (Å²) in [5.41, 5.74) is 2.18. The van der Waals surface area contributed by atoms with Gasteiger partial charge in [0.2, 0.25) is 5.91 Å². The van der Waals surface area contributed by atoms with Crippen LogP contribution in [0.3, 0.4) is 0 Å². The van der Waals surface area contributed by atoms with Gasteiger partial charge in [0.1, 0.15) is 12.6 Å². The predicted molar refractivity (Wildman–Crippen MR) is 141 cm³/mol. The van der Waals surface area contributed by atoms with E-state index in [1.54, 1.807) is 6.92 Å². The van der Waals surface area contributed by atoms with Crippen LogP contribution in [0.4, 0.5) is 4.79 Å². The lowest BCUT2D eigenvalue weighted by Gasteiger charge is -2.32. The molecule has 0 spiro atoms. The molecule has 0 aromatic heterocycles. The first-order chi connectivity index (χ1) is 18.0. The Bertz CT molecular complexity index is 962. The Balaban J connectivity index is 1.41. The van der Waals surface area contributed by atoms with Crippen LogP contribution in [0.2, 0.25) is 0 Å². The summed E-state index contributed by atoms with van der Waals surface area (Å²) in [7, 11) is 0. The Morgan fingerprint density at radius 3 is 2.24 bits per heavy atom. The number of piperidine rings is 1. The molecule has 1 saturated heterocycles. The molecule has 1 fully saturated rings. The fourth-order valence-electron chi connectivity index (χ4n) is 4.47. The SMILES string of the molecule is CCOC(=O)CC[C@@H](NC(=O)OCc1ccccc1)C(=O)NCCC1CCN(Cc2ccccc2)CC1. The van der Waals surface area contributed by atoms with Crippen molar-refractivity contribution in [3.63, 3.8) is 0 Å². The third-order valence-corrected chi connectivity index (χ3v) is 6.57. The second-order valence-corrected chi connectivity index (χ2v) is 9.39. The molecule has 2 aromatic carbocycles. The molecule has 0 bridgehead atoms. The molecule has 37 heavy (non-hydrogen) atoms. The number of benzene rings is 2. The number of carbonyl (C=O) groups is 3. The lowest BCUT2D eigenvalue weighted by atomic mass is 9.93. The van der Waals surface area contributed by atoms with Crippen LogP contribution in [0.1, 0.15) is 50.2 Å². The number of esters is 1. The van der Waals surface area contributed by atoms with Gasteiger partial charge >= 0.3 is 12.1 Å². The van der Waals surface area contributed by atoms with Crippen LogP contribution in [0.5, 0.6) is 0 Å². The van der Waals surface area contributed by atoms with Crippen molar-refractivity contribution in [1.82, 2.24) is 15.5 Å². The first-order valence-electron chi connectivity index (χ1n) is 13.2. The highest BCUT2D eigenvalue weighted by Gasteiger charge is 2.24. The first kappa shape index (κ1) is 28.2. The zero-order chi connectivity index (χ0) is 26.3. The molecule has 0 saturated carbocycles. The van der Waals surface area contributed by atoms with Crippen LogP contribution in [0.25, 0.3) is 0 Å². The molecule has 2 aromatic rings. The van der Waals surface area contributed by atoms with E-state index >= 15 is 0 Å². The van der Waals surface area contributed by atoms with Crippen molar-refractivity contribution in [2.24, 2.45) is 5.92 Å². The maximum absolute atomic E-state index is 12.9. The van der Waals surface area contributed by atoms with Crippen molar-refractivity contribution < 1.29 is 23.9 Å². The zero-order valence-corrected chi connectivity index (χ0v) is 21.7. The van der Waals surface area contributed by atoms with E-state index in [0.29, 0.717) is 12.5 Å². The quantitative estimate of drug-likeness (QED) is 0.396.